The minimum Gasteiger partial charge on any atom is -0.350 e. The highest BCUT2D eigenvalue weighted by atomic mass is 16.2. The van der Waals surface area contributed by atoms with Gasteiger partial charge in [0.15, 0.2) is 0 Å². The van der Waals surface area contributed by atoms with Crippen LogP contribution in [-0.4, -0.2) is 62.2 Å². The lowest BCUT2D eigenvalue weighted by Crippen LogP contribution is -2.57. The van der Waals surface area contributed by atoms with Crippen molar-refractivity contribution in [2.24, 2.45) is 11.8 Å². The molecule has 1 N–H and O–H groups in total. The Balaban J connectivity index is 1.73. The van der Waals surface area contributed by atoms with Crippen molar-refractivity contribution in [3.63, 3.8) is 0 Å². The molecule has 0 aliphatic carbocycles. The first-order valence-electron chi connectivity index (χ1n) is 10.7. The number of carbonyl (C=O) groups excluding carboxylic acids is 3. The lowest BCUT2D eigenvalue weighted by Gasteiger charge is -2.40. The number of nitrogens with zero attached hydrogens (tertiary/aromatic N) is 4. The summed E-state index contributed by atoms with van der Waals surface area (Å²) in [6.45, 7) is 9.96. The molecule has 1 aromatic heterocycles. The molecule has 0 aromatic carbocycles. The summed E-state index contributed by atoms with van der Waals surface area (Å²) in [5.74, 6) is 0.0713. The molecule has 3 heterocycles. The van der Waals surface area contributed by atoms with E-state index in [2.05, 4.69) is 24.1 Å². The van der Waals surface area contributed by atoms with Gasteiger partial charge < -0.3 is 19.7 Å². The molecule has 29 heavy (non-hydrogen) atoms. The predicted molar refractivity (Wildman–Crippen MR) is 109 cm³/mol. The van der Waals surface area contributed by atoms with Gasteiger partial charge in [0.05, 0.1) is 37.1 Å². The summed E-state index contributed by atoms with van der Waals surface area (Å²) >= 11 is 0. The van der Waals surface area contributed by atoms with Gasteiger partial charge >= 0.3 is 0 Å². The second kappa shape index (κ2) is 8.97. The van der Waals surface area contributed by atoms with Gasteiger partial charge in [0.2, 0.25) is 17.7 Å². The van der Waals surface area contributed by atoms with E-state index in [0.29, 0.717) is 31.8 Å². The molecule has 160 valence electrons. The fourth-order valence-electron chi connectivity index (χ4n) is 4.69. The number of aryl methyl sites for hydroxylation is 1. The third-order valence-corrected chi connectivity index (χ3v) is 6.07. The Morgan fingerprint density at radius 3 is 2.72 bits per heavy atom. The van der Waals surface area contributed by atoms with Gasteiger partial charge in [-0.15, -0.1) is 0 Å². The van der Waals surface area contributed by atoms with E-state index in [0.717, 1.165) is 18.7 Å². The summed E-state index contributed by atoms with van der Waals surface area (Å²) in [7, 11) is 0. The van der Waals surface area contributed by atoms with E-state index in [1.54, 1.807) is 17.4 Å². The van der Waals surface area contributed by atoms with Crippen LogP contribution in [0.25, 0.3) is 0 Å². The van der Waals surface area contributed by atoms with Crippen LogP contribution in [0.5, 0.6) is 0 Å². The van der Waals surface area contributed by atoms with Crippen LogP contribution in [-0.2, 0) is 27.5 Å². The highest BCUT2D eigenvalue weighted by Gasteiger charge is 2.49. The topological polar surface area (TPSA) is 87.5 Å². The van der Waals surface area contributed by atoms with Crippen LogP contribution in [0.3, 0.4) is 0 Å². The first kappa shape index (κ1) is 21.3. The fraction of sp³-hybridized carbons (Fsp3) is 0.714. The van der Waals surface area contributed by atoms with E-state index in [1.165, 1.54) is 0 Å². The van der Waals surface area contributed by atoms with Gasteiger partial charge in [0.25, 0.3) is 0 Å². The summed E-state index contributed by atoms with van der Waals surface area (Å²) in [5, 5.41) is 3.06. The number of rotatable bonds is 7. The number of aromatic nitrogens is 2. The predicted octanol–water partition coefficient (Wildman–Crippen LogP) is 1.40. The molecule has 3 atom stereocenters. The molecular weight excluding hydrogens is 370 g/mol. The third kappa shape index (κ3) is 4.46. The molecule has 2 saturated heterocycles. The maximum atomic E-state index is 13.1. The van der Waals surface area contributed by atoms with Crippen molar-refractivity contribution in [2.75, 3.05) is 13.1 Å². The first-order chi connectivity index (χ1) is 13.8. The highest BCUT2D eigenvalue weighted by Crippen LogP contribution is 2.36. The second-order valence-electron chi connectivity index (χ2n) is 8.51. The molecule has 8 heteroatoms. The maximum absolute atomic E-state index is 13.1. The van der Waals surface area contributed by atoms with Crippen molar-refractivity contribution in [1.29, 1.82) is 0 Å². The Morgan fingerprint density at radius 1 is 1.31 bits per heavy atom. The summed E-state index contributed by atoms with van der Waals surface area (Å²) in [4.78, 5) is 45.8. The molecule has 0 spiro atoms. The zero-order valence-corrected chi connectivity index (χ0v) is 17.9. The SMILES string of the molecule is CCC(=O)N1CC(=O)N2[C@@H](C[C@H](C(=O)NCc3cncn3CC)[C@@H]2CC(C)C)C1. The average molecular weight is 404 g/mol. The molecule has 1 aromatic rings. The molecule has 0 radical (unpaired) electrons. The molecule has 0 unspecified atom stereocenters. The quantitative estimate of drug-likeness (QED) is 0.746. The van der Waals surface area contributed by atoms with E-state index < -0.39 is 0 Å². The van der Waals surface area contributed by atoms with E-state index in [-0.39, 0.29) is 42.3 Å². The monoisotopic (exact) mass is 403 g/mol. The maximum Gasteiger partial charge on any atom is 0.242 e. The number of fused-ring (bicyclic) bond motifs is 1. The molecule has 2 aliphatic rings. The van der Waals surface area contributed by atoms with Gasteiger partial charge in [0, 0.05) is 31.7 Å². The van der Waals surface area contributed by atoms with Crippen LogP contribution in [0.4, 0.5) is 0 Å². The fourth-order valence-corrected chi connectivity index (χ4v) is 4.69. The van der Waals surface area contributed by atoms with Crippen molar-refractivity contribution >= 4 is 17.7 Å². The number of amides is 3. The molecule has 2 fully saturated rings. The lowest BCUT2D eigenvalue weighted by atomic mass is 9.91. The molecule has 3 rings (SSSR count). The van der Waals surface area contributed by atoms with Crippen molar-refractivity contribution in [2.45, 2.75) is 72.1 Å². The molecule has 8 nitrogen and oxygen atoms in total. The second-order valence-corrected chi connectivity index (χ2v) is 8.51. The number of hydrogen-bond donors (Lipinski definition) is 1. The zero-order valence-electron chi connectivity index (χ0n) is 17.9. The third-order valence-electron chi connectivity index (χ3n) is 6.07. The van der Waals surface area contributed by atoms with E-state index >= 15 is 0 Å². The summed E-state index contributed by atoms with van der Waals surface area (Å²) in [6.07, 6.45) is 5.32. The van der Waals surface area contributed by atoms with Crippen LogP contribution >= 0.6 is 0 Å². The van der Waals surface area contributed by atoms with Crippen molar-refractivity contribution < 1.29 is 14.4 Å². The number of nitrogens with one attached hydrogen (secondary N) is 1. The van der Waals surface area contributed by atoms with Gasteiger partial charge in [-0.25, -0.2) is 4.98 Å². The summed E-state index contributed by atoms with van der Waals surface area (Å²) < 4.78 is 2.00. The van der Waals surface area contributed by atoms with Crippen molar-refractivity contribution in [1.82, 2.24) is 24.7 Å². The van der Waals surface area contributed by atoms with Gasteiger partial charge in [-0.1, -0.05) is 20.8 Å². The minimum atomic E-state index is -0.249. The zero-order chi connectivity index (χ0) is 21.1. The summed E-state index contributed by atoms with van der Waals surface area (Å²) in [5.41, 5.74) is 0.966. The first-order valence-corrected chi connectivity index (χ1v) is 10.7. The van der Waals surface area contributed by atoms with Crippen LogP contribution in [0, 0.1) is 11.8 Å². The Kier molecular flexibility index (Phi) is 6.59. The van der Waals surface area contributed by atoms with E-state index in [1.807, 2.05) is 23.3 Å². The van der Waals surface area contributed by atoms with Crippen LogP contribution in [0.1, 0.15) is 52.7 Å². The number of imidazole rings is 1. The molecule has 0 bridgehead atoms. The van der Waals surface area contributed by atoms with Gasteiger partial charge in [-0.05, 0) is 25.7 Å². The smallest absolute Gasteiger partial charge is 0.242 e. The molecule has 2 aliphatic heterocycles. The van der Waals surface area contributed by atoms with Crippen molar-refractivity contribution in [3.05, 3.63) is 18.2 Å². The minimum absolute atomic E-state index is 0.000797. The lowest BCUT2D eigenvalue weighted by molar-refractivity contribution is -0.149. The molecular formula is C21H33N5O3. The van der Waals surface area contributed by atoms with Crippen molar-refractivity contribution in [3.8, 4) is 0 Å². The Morgan fingerprint density at radius 2 is 2.07 bits per heavy atom. The van der Waals surface area contributed by atoms with Crippen LogP contribution in [0.2, 0.25) is 0 Å². The van der Waals surface area contributed by atoms with Gasteiger partial charge in [-0.2, -0.15) is 0 Å². The average Bonchev–Trinajstić information content (AvgIpc) is 3.29. The Labute approximate surface area is 172 Å². The Bertz CT molecular complexity index is 759. The number of hydrogen-bond acceptors (Lipinski definition) is 4. The summed E-state index contributed by atoms with van der Waals surface area (Å²) in [6, 6.07) is -0.185. The Hall–Kier alpha value is -2.38. The number of piperazine rings is 1. The van der Waals surface area contributed by atoms with E-state index in [9.17, 15) is 14.4 Å². The van der Waals surface area contributed by atoms with Crippen LogP contribution in [0.15, 0.2) is 12.5 Å². The molecule has 3 amide bonds. The normalized spacial score (nSPS) is 24.2. The largest absolute Gasteiger partial charge is 0.350 e. The van der Waals surface area contributed by atoms with Crippen LogP contribution < -0.4 is 5.32 Å². The van der Waals surface area contributed by atoms with E-state index in [4.69, 9.17) is 0 Å². The molecule has 0 saturated carbocycles. The standard InChI is InChI=1S/C21H33N5O3/c1-5-19(27)25-11-15-8-17(18(7-14(3)4)26(15)20(28)12-25)21(29)23-10-16-9-22-13-24(16)6-2/h9,13-15,17-18H,5-8,10-12H2,1-4H3,(H,23,29)/t15-,17-,18-/m0/s1. The van der Waals surface area contributed by atoms with Gasteiger partial charge in [0.1, 0.15) is 0 Å². The number of carbonyl (C=O) groups is 3. The highest BCUT2D eigenvalue weighted by molar-refractivity contribution is 5.88. The van der Waals surface area contributed by atoms with Gasteiger partial charge in [-0.3, -0.25) is 14.4 Å².